The largest absolute Gasteiger partial charge is 0.291 e. The summed E-state index contributed by atoms with van der Waals surface area (Å²) >= 11 is 0. The van der Waals surface area contributed by atoms with Crippen molar-refractivity contribution in [1.29, 1.82) is 0 Å². The van der Waals surface area contributed by atoms with E-state index in [1.165, 1.54) is 4.68 Å². The second kappa shape index (κ2) is 5.87. The lowest BCUT2D eigenvalue weighted by molar-refractivity contribution is 0.554. The Morgan fingerprint density at radius 2 is 1.79 bits per heavy atom. The average Bonchev–Trinajstić information content (AvgIpc) is 3.40. The molecule has 0 radical (unpaired) electrons. The number of benzene rings is 1. The van der Waals surface area contributed by atoms with Crippen molar-refractivity contribution < 1.29 is 0 Å². The van der Waals surface area contributed by atoms with E-state index >= 15 is 0 Å². The van der Waals surface area contributed by atoms with Gasteiger partial charge in [-0.05, 0) is 19.1 Å². The zero-order chi connectivity index (χ0) is 20.3. The number of nitrogens with zero attached hydrogens (tertiary/aromatic N) is 7. The van der Waals surface area contributed by atoms with Crippen LogP contribution in [0.3, 0.4) is 0 Å². The highest BCUT2D eigenvalue weighted by Crippen LogP contribution is 2.30. The molecule has 0 fully saturated rings. The van der Waals surface area contributed by atoms with Crippen molar-refractivity contribution in [3.63, 3.8) is 0 Å². The highest BCUT2D eigenvalue weighted by Gasteiger charge is 2.28. The molecular formula is C20H20N8O. The van der Waals surface area contributed by atoms with Gasteiger partial charge in [-0.2, -0.15) is 19.4 Å². The van der Waals surface area contributed by atoms with Gasteiger partial charge in [0.1, 0.15) is 5.69 Å². The second-order valence-electron chi connectivity index (χ2n) is 8.04. The highest BCUT2D eigenvalue weighted by molar-refractivity contribution is 5.83. The van der Waals surface area contributed by atoms with Crippen molar-refractivity contribution in [2.45, 2.75) is 33.1 Å². The Labute approximate surface area is 165 Å². The predicted octanol–water partition coefficient (Wildman–Crippen LogP) is 2.55. The normalized spacial score (nSPS) is 12.3. The summed E-state index contributed by atoms with van der Waals surface area (Å²) in [7, 11) is 0. The Balaban J connectivity index is 1.84. The van der Waals surface area contributed by atoms with E-state index in [9.17, 15) is 4.79 Å². The molecule has 9 heteroatoms. The first kappa shape index (κ1) is 17.4. The molecule has 29 heavy (non-hydrogen) atoms. The lowest BCUT2D eigenvalue weighted by Gasteiger charge is -2.18. The van der Waals surface area contributed by atoms with Crippen molar-refractivity contribution in [3.05, 3.63) is 64.5 Å². The third-order valence-electron chi connectivity index (χ3n) is 4.98. The monoisotopic (exact) mass is 388 g/mol. The van der Waals surface area contributed by atoms with Crippen LogP contribution in [0, 0.1) is 6.92 Å². The maximum Gasteiger partial charge on any atom is 0.282 e. The third-order valence-corrected chi connectivity index (χ3v) is 4.98. The van der Waals surface area contributed by atoms with E-state index in [1.54, 1.807) is 21.5 Å². The number of hydrogen-bond donors (Lipinski definition) is 1. The number of hydrogen-bond acceptors (Lipinski definition) is 5. The summed E-state index contributed by atoms with van der Waals surface area (Å²) < 4.78 is 4.75. The summed E-state index contributed by atoms with van der Waals surface area (Å²) in [5.74, 6) is 0.308. The van der Waals surface area contributed by atoms with Crippen LogP contribution in [0.25, 0.3) is 28.1 Å². The summed E-state index contributed by atoms with van der Waals surface area (Å²) in [6, 6.07) is 9.28. The van der Waals surface area contributed by atoms with Gasteiger partial charge in [0.05, 0.1) is 16.8 Å². The molecule has 0 spiro atoms. The molecule has 0 aliphatic carbocycles. The van der Waals surface area contributed by atoms with Crippen LogP contribution in [0.2, 0.25) is 0 Å². The molecule has 0 unspecified atom stereocenters. The average molecular weight is 388 g/mol. The predicted molar refractivity (Wildman–Crippen MR) is 109 cm³/mol. The van der Waals surface area contributed by atoms with Gasteiger partial charge < -0.3 is 0 Å². The Morgan fingerprint density at radius 1 is 1.03 bits per heavy atom. The molecule has 0 aliphatic rings. The molecule has 146 valence electrons. The van der Waals surface area contributed by atoms with Gasteiger partial charge in [0.15, 0.2) is 0 Å². The standard InChI is InChI=1S/C20H20N8O/c1-12-13-8-5-6-9-14(13)18(29)28(24-12)19-23-22-17-15(26-11-7-10-21-26)16(20(2,3)4)25-27(17)19/h5-11,25H,1-4H3. The Kier molecular flexibility index (Phi) is 3.51. The van der Waals surface area contributed by atoms with Crippen LogP contribution in [-0.2, 0) is 5.41 Å². The highest BCUT2D eigenvalue weighted by atomic mass is 16.1. The molecule has 5 rings (SSSR count). The molecular weight excluding hydrogens is 368 g/mol. The number of rotatable bonds is 2. The lowest BCUT2D eigenvalue weighted by Crippen LogP contribution is -2.24. The zero-order valence-corrected chi connectivity index (χ0v) is 16.6. The van der Waals surface area contributed by atoms with Crippen LogP contribution in [0.1, 0.15) is 32.2 Å². The molecule has 0 saturated carbocycles. The SMILES string of the molecule is Cc1nn(-c2nnc3c(-n4cccn4)c(C(C)(C)C)[nH]n23)c(=O)c2ccccc12. The number of nitrogens with one attached hydrogen (secondary N) is 1. The quantitative estimate of drug-likeness (QED) is 0.501. The van der Waals surface area contributed by atoms with Crippen molar-refractivity contribution in [1.82, 2.24) is 39.4 Å². The first-order valence-corrected chi connectivity index (χ1v) is 9.33. The molecule has 0 aliphatic heterocycles. The van der Waals surface area contributed by atoms with Crippen LogP contribution in [0.15, 0.2) is 47.5 Å². The van der Waals surface area contributed by atoms with Crippen LogP contribution < -0.4 is 5.56 Å². The summed E-state index contributed by atoms with van der Waals surface area (Å²) in [5, 5.41) is 22.3. The van der Waals surface area contributed by atoms with Gasteiger partial charge in [0, 0.05) is 23.2 Å². The fourth-order valence-corrected chi connectivity index (χ4v) is 3.57. The topological polar surface area (TPSA) is 98.7 Å². The Morgan fingerprint density at radius 3 is 2.48 bits per heavy atom. The van der Waals surface area contributed by atoms with Gasteiger partial charge in [-0.25, -0.2) is 4.68 Å². The molecule has 0 saturated heterocycles. The van der Waals surface area contributed by atoms with Crippen LogP contribution in [0.4, 0.5) is 0 Å². The van der Waals surface area contributed by atoms with Gasteiger partial charge in [-0.1, -0.05) is 39.0 Å². The van der Waals surface area contributed by atoms with Gasteiger partial charge in [0.2, 0.25) is 5.65 Å². The fraction of sp³-hybridized carbons (Fsp3) is 0.250. The molecule has 9 nitrogen and oxygen atoms in total. The maximum absolute atomic E-state index is 13.1. The summed E-state index contributed by atoms with van der Waals surface area (Å²) in [5.41, 5.74) is 2.59. The number of H-pyrrole nitrogens is 1. The molecule has 0 amide bonds. The fourth-order valence-electron chi connectivity index (χ4n) is 3.57. The first-order valence-electron chi connectivity index (χ1n) is 9.33. The van der Waals surface area contributed by atoms with E-state index in [0.717, 1.165) is 22.5 Å². The minimum absolute atomic E-state index is 0.211. The van der Waals surface area contributed by atoms with Crippen LogP contribution in [-0.4, -0.2) is 39.4 Å². The number of aromatic nitrogens is 8. The zero-order valence-electron chi connectivity index (χ0n) is 16.6. The van der Waals surface area contributed by atoms with Gasteiger partial charge in [-0.15, -0.1) is 10.2 Å². The second-order valence-corrected chi connectivity index (χ2v) is 8.04. The van der Waals surface area contributed by atoms with E-state index < -0.39 is 0 Å². The first-order chi connectivity index (χ1) is 13.9. The minimum Gasteiger partial charge on any atom is -0.291 e. The van der Waals surface area contributed by atoms with E-state index in [2.05, 4.69) is 46.3 Å². The number of aromatic amines is 1. The van der Waals surface area contributed by atoms with E-state index in [4.69, 9.17) is 0 Å². The van der Waals surface area contributed by atoms with E-state index in [-0.39, 0.29) is 11.0 Å². The smallest absolute Gasteiger partial charge is 0.282 e. The van der Waals surface area contributed by atoms with Crippen molar-refractivity contribution in [3.8, 4) is 11.6 Å². The van der Waals surface area contributed by atoms with Crippen molar-refractivity contribution >= 4 is 16.4 Å². The van der Waals surface area contributed by atoms with Crippen LogP contribution >= 0.6 is 0 Å². The van der Waals surface area contributed by atoms with Crippen molar-refractivity contribution in [2.75, 3.05) is 0 Å². The molecule has 0 bridgehead atoms. The molecule has 0 atom stereocenters. The summed E-state index contributed by atoms with van der Waals surface area (Å²) in [4.78, 5) is 13.1. The molecule has 4 heterocycles. The summed E-state index contributed by atoms with van der Waals surface area (Å²) in [6.45, 7) is 8.18. The third kappa shape index (κ3) is 2.50. The van der Waals surface area contributed by atoms with Crippen LogP contribution in [0.5, 0.6) is 0 Å². The molecule has 1 N–H and O–H groups in total. The van der Waals surface area contributed by atoms with Gasteiger partial charge >= 0.3 is 0 Å². The summed E-state index contributed by atoms with van der Waals surface area (Å²) in [6.07, 6.45) is 3.57. The van der Waals surface area contributed by atoms with Gasteiger partial charge in [0.25, 0.3) is 11.5 Å². The molecule has 1 aromatic carbocycles. The lowest BCUT2D eigenvalue weighted by atomic mass is 9.91. The molecule has 4 aromatic heterocycles. The van der Waals surface area contributed by atoms with E-state index in [1.807, 2.05) is 37.4 Å². The van der Waals surface area contributed by atoms with Crippen molar-refractivity contribution in [2.24, 2.45) is 0 Å². The minimum atomic E-state index is -0.243. The number of aryl methyl sites for hydroxylation is 1. The Hall–Kier alpha value is -3.75. The Bertz CT molecular complexity index is 1410. The van der Waals surface area contributed by atoms with Gasteiger partial charge in [-0.3, -0.25) is 9.89 Å². The molecule has 5 aromatic rings. The van der Waals surface area contributed by atoms with E-state index in [0.29, 0.717) is 17.0 Å². The maximum atomic E-state index is 13.1. The number of fused-ring (bicyclic) bond motifs is 2.